The van der Waals surface area contributed by atoms with Crippen LogP contribution in [0.15, 0.2) is 48.5 Å². The van der Waals surface area contributed by atoms with Crippen LogP contribution in [0.1, 0.15) is 24.8 Å². The molecule has 4 rings (SSSR count). The van der Waals surface area contributed by atoms with Gasteiger partial charge in [0.2, 0.25) is 0 Å². The van der Waals surface area contributed by atoms with E-state index in [0.717, 1.165) is 56.9 Å². The second-order valence-corrected chi connectivity index (χ2v) is 8.58. The van der Waals surface area contributed by atoms with E-state index in [-0.39, 0.29) is 12.1 Å². The van der Waals surface area contributed by atoms with Crippen molar-refractivity contribution in [3.63, 3.8) is 0 Å². The number of hydrogen-bond acceptors (Lipinski definition) is 5. The van der Waals surface area contributed by atoms with Crippen molar-refractivity contribution in [1.82, 2.24) is 10.6 Å². The van der Waals surface area contributed by atoms with Crippen LogP contribution in [-0.4, -0.2) is 51.9 Å². The summed E-state index contributed by atoms with van der Waals surface area (Å²) < 4.78 is 5.33. The summed E-state index contributed by atoms with van der Waals surface area (Å²) in [6, 6.07) is 18.1. The largest absolute Gasteiger partial charge is 0.497 e. The number of anilines is 2. The summed E-state index contributed by atoms with van der Waals surface area (Å²) in [7, 11) is 1.69. The van der Waals surface area contributed by atoms with Crippen molar-refractivity contribution >= 4 is 17.4 Å². The second-order valence-electron chi connectivity index (χ2n) is 8.58. The highest BCUT2D eigenvalue weighted by Gasteiger charge is 2.25. The monoisotopic (exact) mass is 433 g/mol. The maximum Gasteiger partial charge on any atom is 0.315 e. The maximum atomic E-state index is 12.4. The van der Waals surface area contributed by atoms with E-state index in [1.54, 1.807) is 7.11 Å². The molecule has 1 unspecified atom stereocenters. The van der Waals surface area contributed by atoms with E-state index in [1.165, 1.54) is 5.69 Å². The SMILES string of the molecule is COc1cccc(N2CCC(CNC(=O)NC3CCN(c4ccc(C#N)cc4)CC3)C2)c1. The van der Waals surface area contributed by atoms with Crippen molar-refractivity contribution in [3.8, 4) is 11.8 Å². The first-order chi connectivity index (χ1) is 15.6. The second kappa shape index (κ2) is 10.3. The first-order valence-electron chi connectivity index (χ1n) is 11.3. The molecule has 0 aliphatic carbocycles. The topological polar surface area (TPSA) is 80.6 Å². The molecule has 0 bridgehead atoms. The molecule has 2 aliphatic rings. The molecule has 0 saturated carbocycles. The third-order valence-electron chi connectivity index (χ3n) is 6.45. The molecule has 2 saturated heterocycles. The van der Waals surface area contributed by atoms with Crippen molar-refractivity contribution in [1.29, 1.82) is 5.26 Å². The van der Waals surface area contributed by atoms with E-state index < -0.39 is 0 Å². The Kier molecular flexibility index (Phi) is 7.00. The highest BCUT2D eigenvalue weighted by Crippen LogP contribution is 2.26. The molecule has 0 spiro atoms. The van der Waals surface area contributed by atoms with Crippen LogP contribution in [0.5, 0.6) is 5.75 Å². The van der Waals surface area contributed by atoms with Gasteiger partial charge in [-0.3, -0.25) is 0 Å². The third kappa shape index (κ3) is 5.44. The molecule has 2 aliphatic heterocycles. The summed E-state index contributed by atoms with van der Waals surface area (Å²) in [6.07, 6.45) is 2.90. The number of urea groups is 1. The van der Waals surface area contributed by atoms with Crippen LogP contribution < -0.4 is 25.2 Å². The van der Waals surface area contributed by atoms with Gasteiger partial charge in [0.15, 0.2) is 0 Å². The zero-order valence-electron chi connectivity index (χ0n) is 18.6. The normalized spacial score (nSPS) is 18.8. The number of nitrogens with zero attached hydrogens (tertiary/aromatic N) is 3. The number of rotatable bonds is 6. The number of amides is 2. The predicted octanol–water partition coefficient (Wildman–Crippen LogP) is 3.36. The van der Waals surface area contributed by atoms with Gasteiger partial charge in [-0.1, -0.05) is 6.07 Å². The Balaban J connectivity index is 1.17. The van der Waals surface area contributed by atoms with Gasteiger partial charge in [-0.2, -0.15) is 5.26 Å². The van der Waals surface area contributed by atoms with E-state index in [1.807, 2.05) is 36.4 Å². The number of ether oxygens (including phenoxy) is 1. The van der Waals surface area contributed by atoms with E-state index in [0.29, 0.717) is 18.0 Å². The Hall–Kier alpha value is -3.40. The molecule has 2 aromatic rings. The Morgan fingerprint density at radius 3 is 2.53 bits per heavy atom. The van der Waals surface area contributed by atoms with Crippen molar-refractivity contribution < 1.29 is 9.53 Å². The highest BCUT2D eigenvalue weighted by atomic mass is 16.5. The fourth-order valence-corrected chi connectivity index (χ4v) is 4.54. The fraction of sp³-hybridized carbons (Fsp3) is 0.440. The van der Waals surface area contributed by atoms with E-state index >= 15 is 0 Å². The standard InChI is InChI=1S/C25H31N5O2/c1-32-24-4-2-3-23(15-24)30-12-9-20(18-30)17-27-25(31)28-21-10-13-29(14-11-21)22-7-5-19(16-26)6-8-22/h2-8,15,20-21H,9-14,17-18H2,1H3,(H2,27,28,31). The summed E-state index contributed by atoms with van der Waals surface area (Å²) in [5, 5.41) is 15.2. The van der Waals surface area contributed by atoms with E-state index in [2.05, 4.69) is 38.6 Å². The molecule has 32 heavy (non-hydrogen) atoms. The summed E-state index contributed by atoms with van der Waals surface area (Å²) in [4.78, 5) is 17.1. The minimum Gasteiger partial charge on any atom is -0.497 e. The molecule has 2 heterocycles. The summed E-state index contributed by atoms with van der Waals surface area (Å²) >= 11 is 0. The molecule has 1 atom stereocenters. The lowest BCUT2D eigenvalue weighted by Crippen LogP contribution is -2.48. The first kappa shape index (κ1) is 21.8. The molecule has 0 aromatic heterocycles. The molecule has 7 heteroatoms. The Morgan fingerprint density at radius 2 is 1.81 bits per heavy atom. The van der Waals surface area contributed by atoms with Gasteiger partial charge in [-0.05, 0) is 61.6 Å². The quantitative estimate of drug-likeness (QED) is 0.730. The maximum absolute atomic E-state index is 12.4. The van der Waals surface area contributed by atoms with Gasteiger partial charge in [0.1, 0.15) is 5.75 Å². The van der Waals surface area contributed by atoms with Gasteiger partial charge in [0.25, 0.3) is 0 Å². The van der Waals surface area contributed by atoms with Crippen molar-refractivity contribution in [2.45, 2.75) is 25.3 Å². The number of nitriles is 1. The number of hydrogen-bond donors (Lipinski definition) is 2. The number of piperidine rings is 1. The van der Waals surface area contributed by atoms with Crippen LogP contribution in [0.4, 0.5) is 16.2 Å². The summed E-state index contributed by atoms with van der Waals surface area (Å²) in [6.45, 7) is 4.42. The number of methoxy groups -OCH3 is 1. The summed E-state index contributed by atoms with van der Waals surface area (Å²) in [5.41, 5.74) is 2.98. The first-order valence-corrected chi connectivity index (χ1v) is 11.3. The third-order valence-corrected chi connectivity index (χ3v) is 6.45. The molecule has 2 fully saturated rings. The van der Waals surface area contributed by atoms with Crippen LogP contribution in [0.3, 0.4) is 0 Å². The highest BCUT2D eigenvalue weighted by molar-refractivity contribution is 5.74. The van der Waals surface area contributed by atoms with Gasteiger partial charge >= 0.3 is 6.03 Å². The van der Waals surface area contributed by atoms with Gasteiger partial charge in [0.05, 0.1) is 18.7 Å². The Morgan fingerprint density at radius 1 is 1.06 bits per heavy atom. The number of carbonyl (C=O) groups is 1. The fourth-order valence-electron chi connectivity index (χ4n) is 4.54. The molecule has 0 radical (unpaired) electrons. The molecule has 2 amide bonds. The average Bonchev–Trinajstić information content (AvgIpc) is 3.33. The minimum absolute atomic E-state index is 0.0679. The molecule has 2 aromatic carbocycles. The molecule has 168 valence electrons. The smallest absolute Gasteiger partial charge is 0.315 e. The zero-order valence-corrected chi connectivity index (χ0v) is 18.6. The number of benzene rings is 2. The molecular formula is C25H31N5O2. The lowest BCUT2D eigenvalue weighted by Gasteiger charge is -2.34. The molecular weight excluding hydrogens is 402 g/mol. The summed E-state index contributed by atoms with van der Waals surface area (Å²) in [5.74, 6) is 1.32. The van der Waals surface area contributed by atoms with Crippen LogP contribution in [0.2, 0.25) is 0 Å². The van der Waals surface area contributed by atoms with Crippen molar-refractivity contribution in [3.05, 3.63) is 54.1 Å². The average molecular weight is 434 g/mol. The Labute approximate surface area is 190 Å². The lowest BCUT2D eigenvalue weighted by atomic mass is 10.0. The van der Waals surface area contributed by atoms with Crippen LogP contribution in [0, 0.1) is 17.2 Å². The Bertz CT molecular complexity index is 948. The van der Waals surface area contributed by atoms with Crippen molar-refractivity contribution in [2.75, 3.05) is 49.6 Å². The molecule has 7 nitrogen and oxygen atoms in total. The number of carbonyl (C=O) groups excluding carboxylic acids is 1. The molecule has 2 N–H and O–H groups in total. The van der Waals surface area contributed by atoms with Gasteiger partial charge in [0, 0.05) is 56.2 Å². The lowest BCUT2D eigenvalue weighted by molar-refractivity contribution is 0.233. The van der Waals surface area contributed by atoms with Crippen LogP contribution in [-0.2, 0) is 0 Å². The van der Waals surface area contributed by atoms with Gasteiger partial charge in [-0.25, -0.2) is 4.79 Å². The number of nitrogens with one attached hydrogen (secondary N) is 2. The predicted molar refractivity (Wildman–Crippen MR) is 126 cm³/mol. The van der Waals surface area contributed by atoms with Gasteiger partial charge in [-0.15, -0.1) is 0 Å². The van der Waals surface area contributed by atoms with Gasteiger partial charge < -0.3 is 25.2 Å². The van der Waals surface area contributed by atoms with Crippen molar-refractivity contribution in [2.24, 2.45) is 5.92 Å². The zero-order chi connectivity index (χ0) is 22.3. The van der Waals surface area contributed by atoms with Crippen LogP contribution >= 0.6 is 0 Å². The van der Waals surface area contributed by atoms with E-state index in [9.17, 15) is 4.79 Å². The van der Waals surface area contributed by atoms with Crippen LogP contribution in [0.25, 0.3) is 0 Å². The van der Waals surface area contributed by atoms with E-state index in [4.69, 9.17) is 10.00 Å². The minimum atomic E-state index is -0.0679.